The number of hydrogen-bond acceptors (Lipinski definition) is 4. The van der Waals surface area contributed by atoms with Crippen LogP contribution >= 0.6 is 22.6 Å². The van der Waals surface area contributed by atoms with E-state index in [1.165, 1.54) is 0 Å². The Labute approximate surface area is 118 Å². The lowest BCUT2D eigenvalue weighted by Gasteiger charge is -2.08. The Bertz CT molecular complexity index is 563. The number of nitrogens with zero attached hydrogens (tertiary/aromatic N) is 1. The average molecular weight is 357 g/mol. The van der Waals surface area contributed by atoms with Crippen LogP contribution in [0.3, 0.4) is 0 Å². The van der Waals surface area contributed by atoms with Gasteiger partial charge in [-0.3, -0.25) is 0 Å². The van der Waals surface area contributed by atoms with Crippen LogP contribution in [0.4, 0.5) is 0 Å². The minimum atomic E-state index is -0.332. The lowest BCUT2D eigenvalue weighted by atomic mass is 10.1. The fourth-order valence-corrected chi connectivity index (χ4v) is 1.84. The van der Waals surface area contributed by atoms with Crippen LogP contribution < -0.4 is 0 Å². The summed E-state index contributed by atoms with van der Waals surface area (Å²) in [6, 6.07) is 7.11. The quantitative estimate of drug-likeness (QED) is 0.623. The molecule has 0 radical (unpaired) electrons. The first-order chi connectivity index (χ1) is 8.56. The fourth-order valence-electron chi connectivity index (χ4n) is 1.47. The number of esters is 1. The number of benzene rings is 1. The van der Waals surface area contributed by atoms with E-state index in [4.69, 9.17) is 9.15 Å². The number of hydrogen-bond donors (Lipinski definition) is 0. The molecule has 0 bridgehead atoms. The van der Waals surface area contributed by atoms with Crippen molar-refractivity contribution in [1.29, 1.82) is 0 Å². The molecule has 0 saturated heterocycles. The van der Waals surface area contributed by atoms with Gasteiger partial charge in [0.05, 0.1) is 17.9 Å². The van der Waals surface area contributed by atoms with Gasteiger partial charge in [-0.15, -0.1) is 0 Å². The molecule has 1 aromatic heterocycles. The minimum Gasteiger partial charge on any atom is -0.459 e. The Morgan fingerprint density at radius 2 is 2.22 bits per heavy atom. The summed E-state index contributed by atoms with van der Waals surface area (Å²) in [5.74, 6) is 0.305. The second kappa shape index (κ2) is 5.51. The van der Waals surface area contributed by atoms with Gasteiger partial charge in [-0.1, -0.05) is 12.1 Å². The molecule has 0 aliphatic rings. The van der Waals surface area contributed by atoms with E-state index in [2.05, 4.69) is 4.98 Å². The topological polar surface area (TPSA) is 52.3 Å². The Morgan fingerprint density at radius 1 is 1.44 bits per heavy atom. The molecule has 0 atom stereocenters. The highest BCUT2D eigenvalue weighted by Crippen LogP contribution is 2.22. The minimum absolute atomic E-state index is 0.132. The first kappa shape index (κ1) is 13.1. The van der Waals surface area contributed by atoms with Crippen LogP contribution in [0, 0.1) is 3.90 Å². The van der Waals surface area contributed by atoms with Crippen molar-refractivity contribution < 1.29 is 13.9 Å². The lowest BCUT2D eigenvalue weighted by Crippen LogP contribution is -2.11. The number of halogens is 1. The molecule has 0 saturated carbocycles. The zero-order valence-corrected chi connectivity index (χ0v) is 12.2. The molecule has 94 valence electrons. The molecule has 4 nitrogen and oxygen atoms in total. The van der Waals surface area contributed by atoms with Crippen molar-refractivity contribution in [1.82, 2.24) is 4.98 Å². The summed E-state index contributed by atoms with van der Waals surface area (Å²) in [7, 11) is 0. The monoisotopic (exact) mass is 357 g/mol. The van der Waals surface area contributed by atoms with E-state index in [9.17, 15) is 4.79 Å². The second-order valence-corrected chi connectivity index (χ2v) is 4.94. The van der Waals surface area contributed by atoms with Gasteiger partial charge in [-0.25, -0.2) is 9.78 Å². The zero-order valence-electron chi connectivity index (χ0n) is 10.0. The maximum Gasteiger partial charge on any atom is 0.338 e. The van der Waals surface area contributed by atoms with E-state index >= 15 is 0 Å². The molecule has 1 aromatic carbocycles. The van der Waals surface area contributed by atoms with Gasteiger partial charge in [0.15, 0.2) is 5.76 Å². The average Bonchev–Trinajstić information content (AvgIpc) is 2.75. The molecule has 0 spiro atoms. The highest BCUT2D eigenvalue weighted by molar-refractivity contribution is 14.1. The summed E-state index contributed by atoms with van der Waals surface area (Å²) in [4.78, 5) is 15.8. The summed E-state index contributed by atoms with van der Waals surface area (Å²) in [6.45, 7) is 3.64. The summed E-state index contributed by atoms with van der Waals surface area (Å²) in [5.41, 5.74) is 1.32. The highest BCUT2D eigenvalue weighted by atomic mass is 127. The number of ether oxygens (including phenoxy) is 1. The second-order valence-electron chi connectivity index (χ2n) is 4.01. The zero-order chi connectivity index (χ0) is 13.1. The number of aromatic nitrogens is 1. The van der Waals surface area contributed by atoms with E-state index in [0.29, 0.717) is 15.2 Å². The number of rotatable bonds is 3. The van der Waals surface area contributed by atoms with Gasteiger partial charge in [0.1, 0.15) is 0 Å². The van der Waals surface area contributed by atoms with Crippen LogP contribution in [0.25, 0.3) is 11.3 Å². The molecule has 0 aliphatic heterocycles. The molecule has 2 aromatic rings. The number of oxazole rings is 1. The molecule has 0 unspecified atom stereocenters. The summed E-state index contributed by atoms with van der Waals surface area (Å²) < 4.78 is 11.1. The van der Waals surface area contributed by atoms with Crippen LogP contribution in [-0.4, -0.2) is 17.1 Å². The van der Waals surface area contributed by atoms with E-state index < -0.39 is 0 Å². The molecule has 2 rings (SSSR count). The smallest absolute Gasteiger partial charge is 0.338 e. The Morgan fingerprint density at radius 3 is 2.83 bits per heavy atom. The van der Waals surface area contributed by atoms with Crippen molar-refractivity contribution in [2.45, 2.75) is 20.0 Å². The van der Waals surface area contributed by atoms with Gasteiger partial charge >= 0.3 is 5.97 Å². The molecular weight excluding hydrogens is 345 g/mol. The van der Waals surface area contributed by atoms with Gasteiger partial charge in [-0.2, -0.15) is 0 Å². The molecule has 0 amide bonds. The largest absolute Gasteiger partial charge is 0.459 e. The Kier molecular flexibility index (Phi) is 4.00. The van der Waals surface area contributed by atoms with Gasteiger partial charge in [0.2, 0.25) is 0 Å². The fraction of sp³-hybridized carbons (Fsp3) is 0.231. The molecule has 18 heavy (non-hydrogen) atoms. The molecule has 0 N–H and O–H groups in total. The van der Waals surface area contributed by atoms with Crippen molar-refractivity contribution in [3.05, 3.63) is 39.9 Å². The molecule has 0 aliphatic carbocycles. The third-order valence-corrected chi connectivity index (χ3v) is 2.70. The predicted molar refractivity (Wildman–Crippen MR) is 75.2 cm³/mol. The highest BCUT2D eigenvalue weighted by Gasteiger charge is 2.11. The van der Waals surface area contributed by atoms with Crippen LogP contribution in [0.2, 0.25) is 0 Å². The van der Waals surface area contributed by atoms with E-state index in [0.717, 1.165) is 5.56 Å². The third kappa shape index (κ3) is 3.10. The van der Waals surface area contributed by atoms with Crippen molar-refractivity contribution in [3.63, 3.8) is 0 Å². The van der Waals surface area contributed by atoms with Crippen LogP contribution in [-0.2, 0) is 4.74 Å². The summed E-state index contributed by atoms with van der Waals surface area (Å²) in [5, 5.41) is 0. The van der Waals surface area contributed by atoms with E-state index in [1.54, 1.807) is 24.4 Å². The number of carbonyl (C=O) groups is 1. The Balaban J connectivity index is 2.28. The third-order valence-electron chi connectivity index (χ3n) is 2.20. The van der Waals surface area contributed by atoms with Crippen molar-refractivity contribution >= 4 is 28.6 Å². The molecule has 0 fully saturated rings. The predicted octanol–water partition coefficient (Wildman–Crippen LogP) is 3.51. The first-order valence-electron chi connectivity index (χ1n) is 5.49. The summed E-state index contributed by atoms with van der Waals surface area (Å²) in [6.07, 6.45) is 1.50. The standard InChI is InChI=1S/C13H12INO3/c1-8(2)17-12(16)10-5-3-4-9(6-10)11-7-15-13(14)18-11/h3-8H,1-2H3. The maximum atomic E-state index is 11.8. The van der Waals surface area contributed by atoms with Crippen molar-refractivity contribution in [2.24, 2.45) is 0 Å². The first-order valence-corrected chi connectivity index (χ1v) is 6.57. The van der Waals surface area contributed by atoms with E-state index in [1.807, 2.05) is 42.5 Å². The van der Waals surface area contributed by atoms with E-state index in [-0.39, 0.29) is 12.1 Å². The molecular formula is C13H12INO3. The van der Waals surface area contributed by atoms with Crippen LogP contribution in [0.1, 0.15) is 24.2 Å². The van der Waals surface area contributed by atoms with Gasteiger partial charge in [0, 0.05) is 28.2 Å². The van der Waals surface area contributed by atoms with Gasteiger partial charge in [-0.05, 0) is 26.0 Å². The van der Waals surface area contributed by atoms with Crippen LogP contribution in [0.5, 0.6) is 0 Å². The lowest BCUT2D eigenvalue weighted by molar-refractivity contribution is 0.0378. The normalized spacial score (nSPS) is 10.7. The summed E-state index contributed by atoms with van der Waals surface area (Å²) >= 11 is 2.00. The van der Waals surface area contributed by atoms with Crippen LogP contribution in [0.15, 0.2) is 34.9 Å². The number of carbonyl (C=O) groups excluding carboxylic acids is 1. The van der Waals surface area contributed by atoms with Crippen molar-refractivity contribution in [3.8, 4) is 11.3 Å². The maximum absolute atomic E-state index is 11.8. The molecule has 1 heterocycles. The van der Waals surface area contributed by atoms with Crippen molar-refractivity contribution in [2.75, 3.05) is 0 Å². The molecule has 5 heteroatoms. The SMILES string of the molecule is CC(C)OC(=O)c1cccc(-c2cnc(I)o2)c1. The Hall–Kier alpha value is -1.37. The van der Waals surface area contributed by atoms with Gasteiger partial charge in [0.25, 0.3) is 3.90 Å². The van der Waals surface area contributed by atoms with Gasteiger partial charge < -0.3 is 9.15 Å².